The molecule has 5 aromatic rings. The summed E-state index contributed by atoms with van der Waals surface area (Å²) in [5.41, 5.74) is 3.57. The molecule has 7 nitrogen and oxygen atoms in total. The zero-order valence-electron chi connectivity index (χ0n) is 15.1. The molecule has 0 saturated carbocycles. The number of phenolic OH excluding ortho intramolecular Hbond substituents is 1. The molecule has 5 rings (SSSR count). The number of para-hydroxylation sites is 2. The van der Waals surface area contributed by atoms with Crippen LogP contribution in [0.1, 0.15) is 15.9 Å². The van der Waals surface area contributed by atoms with E-state index in [0.29, 0.717) is 33.8 Å². The quantitative estimate of drug-likeness (QED) is 0.362. The van der Waals surface area contributed by atoms with Crippen LogP contribution in [0.3, 0.4) is 0 Å². The van der Waals surface area contributed by atoms with Gasteiger partial charge in [-0.3, -0.25) is 9.20 Å². The third-order valence-corrected chi connectivity index (χ3v) is 4.68. The first kappa shape index (κ1) is 16.9. The summed E-state index contributed by atoms with van der Waals surface area (Å²) in [7, 11) is 0. The van der Waals surface area contributed by atoms with Crippen LogP contribution in [0.15, 0.2) is 79.1 Å². The Labute approximate surface area is 165 Å². The predicted molar refractivity (Wildman–Crippen MR) is 110 cm³/mol. The second kappa shape index (κ2) is 6.72. The number of phenols is 1. The molecule has 2 aromatic heterocycles. The van der Waals surface area contributed by atoms with Crippen molar-refractivity contribution in [2.24, 2.45) is 0 Å². The SMILES string of the molecule is O=C(c1ccccc1)c1ccc2nc(Nc3ccccc3O)c3nncn3c2c1. The van der Waals surface area contributed by atoms with Crippen LogP contribution in [0.5, 0.6) is 5.75 Å². The van der Waals surface area contributed by atoms with Gasteiger partial charge in [-0.05, 0) is 30.3 Å². The Morgan fingerprint density at radius 2 is 1.72 bits per heavy atom. The molecule has 0 fully saturated rings. The predicted octanol–water partition coefficient (Wildman–Crippen LogP) is 3.96. The number of fused-ring (bicyclic) bond motifs is 3. The van der Waals surface area contributed by atoms with Gasteiger partial charge in [0.2, 0.25) is 5.65 Å². The Bertz CT molecular complexity index is 1360. The van der Waals surface area contributed by atoms with E-state index in [1.165, 1.54) is 0 Å². The zero-order chi connectivity index (χ0) is 19.8. The molecule has 140 valence electrons. The van der Waals surface area contributed by atoms with E-state index < -0.39 is 0 Å². The van der Waals surface area contributed by atoms with Crippen molar-refractivity contribution in [3.8, 4) is 5.75 Å². The van der Waals surface area contributed by atoms with Gasteiger partial charge in [0.1, 0.15) is 12.1 Å². The van der Waals surface area contributed by atoms with Gasteiger partial charge in [0.15, 0.2) is 11.6 Å². The van der Waals surface area contributed by atoms with Crippen LogP contribution in [0.4, 0.5) is 11.5 Å². The largest absolute Gasteiger partial charge is 0.506 e. The first-order chi connectivity index (χ1) is 14.2. The smallest absolute Gasteiger partial charge is 0.204 e. The summed E-state index contributed by atoms with van der Waals surface area (Å²) >= 11 is 0. The van der Waals surface area contributed by atoms with E-state index in [0.717, 1.165) is 5.52 Å². The Balaban J connectivity index is 1.63. The summed E-state index contributed by atoms with van der Waals surface area (Å²) in [5, 5.41) is 21.3. The average Bonchev–Trinajstić information content (AvgIpc) is 3.26. The van der Waals surface area contributed by atoms with Crippen molar-refractivity contribution in [1.29, 1.82) is 0 Å². The lowest BCUT2D eigenvalue weighted by atomic mass is 10.0. The van der Waals surface area contributed by atoms with E-state index >= 15 is 0 Å². The highest BCUT2D eigenvalue weighted by Gasteiger charge is 2.15. The number of carbonyl (C=O) groups is 1. The molecule has 7 heteroatoms. The third-order valence-electron chi connectivity index (χ3n) is 4.68. The van der Waals surface area contributed by atoms with Gasteiger partial charge in [-0.2, -0.15) is 0 Å². The zero-order valence-corrected chi connectivity index (χ0v) is 15.1. The van der Waals surface area contributed by atoms with Gasteiger partial charge in [-0.25, -0.2) is 4.98 Å². The summed E-state index contributed by atoms with van der Waals surface area (Å²) in [6.07, 6.45) is 1.58. The number of benzene rings is 3. The summed E-state index contributed by atoms with van der Waals surface area (Å²) in [6.45, 7) is 0. The van der Waals surface area contributed by atoms with E-state index in [1.807, 2.05) is 24.3 Å². The number of rotatable bonds is 4. The summed E-state index contributed by atoms with van der Waals surface area (Å²) in [4.78, 5) is 17.4. The molecule has 0 aliphatic rings. The molecule has 0 saturated heterocycles. The van der Waals surface area contributed by atoms with Crippen LogP contribution in [0, 0.1) is 0 Å². The molecule has 0 unspecified atom stereocenters. The maximum Gasteiger partial charge on any atom is 0.204 e. The minimum atomic E-state index is -0.0647. The Morgan fingerprint density at radius 3 is 2.55 bits per heavy atom. The van der Waals surface area contributed by atoms with E-state index in [-0.39, 0.29) is 11.5 Å². The highest BCUT2D eigenvalue weighted by molar-refractivity contribution is 6.10. The fourth-order valence-corrected chi connectivity index (χ4v) is 3.24. The average molecular weight is 381 g/mol. The Hall–Kier alpha value is -4.26. The normalized spacial score (nSPS) is 11.0. The molecule has 0 bridgehead atoms. The number of nitrogens with zero attached hydrogens (tertiary/aromatic N) is 4. The molecule has 2 heterocycles. The van der Waals surface area contributed by atoms with Crippen LogP contribution < -0.4 is 5.32 Å². The van der Waals surface area contributed by atoms with Crippen LogP contribution in [-0.2, 0) is 0 Å². The van der Waals surface area contributed by atoms with Gasteiger partial charge >= 0.3 is 0 Å². The lowest BCUT2D eigenvalue weighted by Crippen LogP contribution is -2.04. The summed E-state index contributed by atoms with van der Waals surface area (Å²) in [6, 6.07) is 21.4. The van der Waals surface area contributed by atoms with E-state index in [9.17, 15) is 9.90 Å². The number of aromatic hydroxyl groups is 1. The van der Waals surface area contributed by atoms with Crippen molar-refractivity contribution >= 4 is 34.0 Å². The molecule has 0 radical (unpaired) electrons. The molecule has 2 N–H and O–H groups in total. The van der Waals surface area contributed by atoms with E-state index in [2.05, 4.69) is 20.5 Å². The number of nitrogens with one attached hydrogen (secondary N) is 1. The van der Waals surface area contributed by atoms with Gasteiger partial charge < -0.3 is 10.4 Å². The minimum Gasteiger partial charge on any atom is -0.506 e. The number of anilines is 2. The molecule has 0 aliphatic heterocycles. The van der Waals surface area contributed by atoms with Gasteiger partial charge in [0.25, 0.3) is 0 Å². The molecular formula is C22H15N5O2. The van der Waals surface area contributed by atoms with Crippen LogP contribution in [0.25, 0.3) is 16.7 Å². The fourth-order valence-electron chi connectivity index (χ4n) is 3.24. The maximum atomic E-state index is 12.8. The van der Waals surface area contributed by atoms with Gasteiger partial charge in [-0.1, -0.05) is 42.5 Å². The van der Waals surface area contributed by atoms with Crippen LogP contribution >= 0.6 is 0 Å². The number of hydrogen-bond donors (Lipinski definition) is 2. The number of aromatic nitrogens is 4. The van der Waals surface area contributed by atoms with E-state index in [1.54, 1.807) is 59.3 Å². The van der Waals surface area contributed by atoms with Crippen molar-refractivity contribution < 1.29 is 9.90 Å². The van der Waals surface area contributed by atoms with Gasteiger partial charge in [0.05, 0.1) is 16.7 Å². The van der Waals surface area contributed by atoms with Crippen molar-refractivity contribution in [2.75, 3.05) is 5.32 Å². The highest BCUT2D eigenvalue weighted by atomic mass is 16.3. The Morgan fingerprint density at radius 1 is 0.931 bits per heavy atom. The number of hydrogen-bond acceptors (Lipinski definition) is 6. The second-order valence-corrected chi connectivity index (χ2v) is 6.53. The van der Waals surface area contributed by atoms with Crippen molar-refractivity contribution in [3.63, 3.8) is 0 Å². The minimum absolute atomic E-state index is 0.0647. The van der Waals surface area contributed by atoms with E-state index in [4.69, 9.17) is 0 Å². The monoisotopic (exact) mass is 381 g/mol. The number of carbonyl (C=O) groups excluding carboxylic acids is 1. The van der Waals surface area contributed by atoms with Crippen molar-refractivity contribution in [2.45, 2.75) is 0 Å². The molecule has 0 spiro atoms. The highest BCUT2D eigenvalue weighted by Crippen LogP contribution is 2.28. The molecule has 3 aromatic carbocycles. The lowest BCUT2D eigenvalue weighted by Gasteiger charge is -2.11. The molecular weight excluding hydrogens is 366 g/mol. The maximum absolute atomic E-state index is 12.8. The topological polar surface area (TPSA) is 92.4 Å². The fraction of sp³-hybridized carbons (Fsp3) is 0. The number of ketones is 1. The van der Waals surface area contributed by atoms with Crippen LogP contribution in [-0.4, -0.2) is 30.5 Å². The first-order valence-corrected chi connectivity index (χ1v) is 8.99. The molecule has 0 atom stereocenters. The first-order valence-electron chi connectivity index (χ1n) is 8.99. The van der Waals surface area contributed by atoms with Crippen LogP contribution in [0.2, 0.25) is 0 Å². The molecule has 0 amide bonds. The second-order valence-electron chi connectivity index (χ2n) is 6.53. The van der Waals surface area contributed by atoms with Crippen molar-refractivity contribution in [3.05, 3.63) is 90.3 Å². The molecule has 0 aliphatic carbocycles. The summed E-state index contributed by atoms with van der Waals surface area (Å²) in [5.74, 6) is 0.500. The van der Waals surface area contributed by atoms with Crippen molar-refractivity contribution in [1.82, 2.24) is 19.6 Å². The standard InChI is InChI=1S/C22H15N5O2/c28-19-9-5-4-8-17(19)25-21-22-26-23-13-27(22)18-12-15(10-11-16(18)24-21)20(29)14-6-2-1-3-7-14/h1-13,28H,(H,24,25). The molecule has 29 heavy (non-hydrogen) atoms. The summed E-state index contributed by atoms with van der Waals surface area (Å²) < 4.78 is 1.77. The Kier molecular flexibility index (Phi) is 3.91. The van der Waals surface area contributed by atoms with Gasteiger partial charge in [-0.15, -0.1) is 10.2 Å². The third kappa shape index (κ3) is 2.94. The lowest BCUT2D eigenvalue weighted by molar-refractivity contribution is 0.103. The van der Waals surface area contributed by atoms with Gasteiger partial charge in [0, 0.05) is 11.1 Å².